The number of aryl methyl sites for hydroxylation is 1. The lowest BCUT2D eigenvalue weighted by molar-refractivity contribution is -0.384. The molecule has 0 unspecified atom stereocenters. The lowest BCUT2D eigenvalue weighted by Crippen LogP contribution is -1.87. The van der Waals surface area contributed by atoms with Gasteiger partial charge >= 0.3 is 0 Å². The van der Waals surface area contributed by atoms with Gasteiger partial charge in [0.15, 0.2) is 0 Å². The van der Waals surface area contributed by atoms with Crippen molar-refractivity contribution in [2.45, 2.75) is 17.9 Å². The van der Waals surface area contributed by atoms with E-state index in [0.29, 0.717) is 28.3 Å². The molecule has 2 aromatic heterocycles. The fraction of sp³-hybridized carbons (Fsp3) is 0.111. The van der Waals surface area contributed by atoms with E-state index in [-0.39, 0.29) is 11.6 Å². The normalized spacial score (nSPS) is 10.9. The number of thioether (sulfide) groups is 1. The summed E-state index contributed by atoms with van der Waals surface area (Å²) in [4.78, 5) is 10.3. The van der Waals surface area contributed by atoms with E-state index in [0.717, 1.165) is 11.1 Å². The highest BCUT2D eigenvalue weighted by molar-refractivity contribution is 7.98. The minimum Gasteiger partial charge on any atom is -0.420 e. The first-order chi connectivity index (χ1) is 13.6. The van der Waals surface area contributed by atoms with Gasteiger partial charge < -0.3 is 8.83 Å². The van der Waals surface area contributed by atoms with Crippen LogP contribution in [0.2, 0.25) is 0 Å². The van der Waals surface area contributed by atoms with E-state index < -0.39 is 4.92 Å². The molecule has 0 atom stereocenters. The van der Waals surface area contributed by atoms with E-state index in [4.69, 9.17) is 8.83 Å². The van der Waals surface area contributed by atoms with Crippen molar-refractivity contribution in [3.05, 3.63) is 70.1 Å². The highest BCUT2D eigenvalue weighted by Crippen LogP contribution is 2.28. The van der Waals surface area contributed by atoms with Crippen LogP contribution < -0.4 is 0 Å². The Labute approximate surface area is 163 Å². The van der Waals surface area contributed by atoms with Crippen molar-refractivity contribution in [1.82, 2.24) is 20.4 Å². The minimum absolute atomic E-state index is 0.0000972. The highest BCUT2D eigenvalue weighted by atomic mass is 32.2. The standard InChI is InChI=1S/C18H13N5O4S/c1-11-4-2-3-5-14(11)17-21-22-18(27-17)28-10-15-19-20-16(26-15)12-6-8-13(9-7-12)23(24)25/h2-9H,10H2,1H3. The molecule has 0 amide bonds. The molecule has 0 saturated carbocycles. The Kier molecular flexibility index (Phi) is 4.85. The first-order valence-electron chi connectivity index (χ1n) is 8.19. The van der Waals surface area contributed by atoms with Crippen LogP contribution >= 0.6 is 11.8 Å². The molecule has 2 heterocycles. The van der Waals surface area contributed by atoms with Crippen LogP contribution in [0, 0.1) is 17.0 Å². The maximum absolute atomic E-state index is 10.7. The molecule has 9 nitrogen and oxygen atoms in total. The summed E-state index contributed by atoms with van der Waals surface area (Å²) in [5.41, 5.74) is 2.54. The molecule has 0 aliphatic carbocycles. The summed E-state index contributed by atoms with van der Waals surface area (Å²) in [7, 11) is 0. The van der Waals surface area contributed by atoms with Crippen LogP contribution in [0.1, 0.15) is 11.5 Å². The number of non-ortho nitro benzene ring substituents is 1. The number of nitrogens with zero attached hydrogens (tertiary/aromatic N) is 5. The van der Waals surface area contributed by atoms with Gasteiger partial charge in [0.1, 0.15) is 0 Å². The third-order valence-electron chi connectivity index (χ3n) is 3.89. The van der Waals surface area contributed by atoms with Crippen LogP contribution in [0.25, 0.3) is 22.9 Å². The molecule has 140 valence electrons. The Balaban J connectivity index is 1.42. The van der Waals surface area contributed by atoms with Crippen LogP contribution in [0.15, 0.2) is 62.6 Å². The molecule has 10 heteroatoms. The summed E-state index contributed by atoms with van der Waals surface area (Å²) >= 11 is 1.28. The van der Waals surface area contributed by atoms with E-state index in [1.807, 2.05) is 31.2 Å². The average molecular weight is 395 g/mol. The van der Waals surface area contributed by atoms with Gasteiger partial charge in [-0.15, -0.1) is 20.4 Å². The Morgan fingerprint density at radius 2 is 1.71 bits per heavy atom. The van der Waals surface area contributed by atoms with E-state index in [1.54, 1.807) is 12.1 Å². The van der Waals surface area contributed by atoms with Gasteiger partial charge in [-0.05, 0) is 30.7 Å². The second-order valence-electron chi connectivity index (χ2n) is 5.78. The van der Waals surface area contributed by atoms with Crippen molar-refractivity contribution in [1.29, 1.82) is 0 Å². The van der Waals surface area contributed by atoms with Crippen LogP contribution in [-0.2, 0) is 5.75 Å². The predicted molar refractivity (Wildman–Crippen MR) is 100 cm³/mol. The lowest BCUT2D eigenvalue weighted by Gasteiger charge is -1.98. The first-order valence-corrected chi connectivity index (χ1v) is 9.18. The number of rotatable bonds is 6. The number of aromatic nitrogens is 4. The van der Waals surface area contributed by atoms with Crippen LogP contribution in [0.3, 0.4) is 0 Å². The van der Waals surface area contributed by atoms with Crippen molar-refractivity contribution >= 4 is 17.4 Å². The van der Waals surface area contributed by atoms with Crippen molar-refractivity contribution in [3.63, 3.8) is 0 Å². The third-order valence-corrected chi connectivity index (χ3v) is 4.70. The Morgan fingerprint density at radius 3 is 2.46 bits per heavy atom. The van der Waals surface area contributed by atoms with Gasteiger partial charge in [-0.1, -0.05) is 30.0 Å². The molecule has 4 rings (SSSR count). The SMILES string of the molecule is Cc1ccccc1-c1nnc(SCc2nnc(-c3ccc([N+](=O)[O-])cc3)o2)o1. The summed E-state index contributed by atoms with van der Waals surface area (Å²) in [6, 6.07) is 13.7. The summed E-state index contributed by atoms with van der Waals surface area (Å²) in [5, 5.41) is 27.2. The number of nitro groups is 1. The molecule has 0 radical (unpaired) electrons. The van der Waals surface area contributed by atoms with E-state index >= 15 is 0 Å². The fourth-order valence-electron chi connectivity index (χ4n) is 2.47. The molecular weight excluding hydrogens is 382 g/mol. The minimum atomic E-state index is -0.463. The monoisotopic (exact) mass is 395 g/mol. The van der Waals surface area contributed by atoms with Crippen LogP contribution in [-0.4, -0.2) is 25.3 Å². The number of benzene rings is 2. The van der Waals surface area contributed by atoms with E-state index in [2.05, 4.69) is 20.4 Å². The van der Waals surface area contributed by atoms with E-state index in [9.17, 15) is 10.1 Å². The fourth-order valence-corrected chi connectivity index (χ4v) is 3.07. The zero-order chi connectivity index (χ0) is 19.5. The highest BCUT2D eigenvalue weighted by Gasteiger charge is 2.14. The maximum Gasteiger partial charge on any atom is 0.277 e. The third kappa shape index (κ3) is 3.76. The van der Waals surface area contributed by atoms with Gasteiger partial charge in [-0.25, -0.2) is 0 Å². The Morgan fingerprint density at radius 1 is 0.964 bits per heavy atom. The zero-order valence-electron chi connectivity index (χ0n) is 14.6. The molecule has 28 heavy (non-hydrogen) atoms. The van der Waals surface area contributed by atoms with Gasteiger partial charge in [-0.3, -0.25) is 10.1 Å². The molecule has 0 spiro atoms. The maximum atomic E-state index is 10.7. The molecule has 0 N–H and O–H groups in total. The lowest BCUT2D eigenvalue weighted by atomic mass is 10.1. The largest absolute Gasteiger partial charge is 0.420 e. The number of hydrogen-bond donors (Lipinski definition) is 0. The van der Waals surface area contributed by atoms with Crippen molar-refractivity contribution in [3.8, 4) is 22.9 Å². The molecule has 0 saturated heterocycles. The van der Waals surface area contributed by atoms with Gasteiger partial charge in [0.05, 0.1) is 10.7 Å². The molecule has 0 fully saturated rings. The smallest absolute Gasteiger partial charge is 0.277 e. The second-order valence-corrected chi connectivity index (χ2v) is 6.71. The number of hydrogen-bond acceptors (Lipinski definition) is 9. The van der Waals surface area contributed by atoms with Crippen molar-refractivity contribution in [2.24, 2.45) is 0 Å². The molecule has 2 aromatic carbocycles. The van der Waals surface area contributed by atoms with Gasteiger partial charge in [0.25, 0.3) is 10.9 Å². The summed E-state index contributed by atoms with van der Waals surface area (Å²) in [6.45, 7) is 1.98. The summed E-state index contributed by atoms with van der Waals surface area (Å²) in [5.74, 6) is 1.48. The van der Waals surface area contributed by atoms with Crippen LogP contribution in [0.4, 0.5) is 5.69 Å². The zero-order valence-corrected chi connectivity index (χ0v) is 15.4. The van der Waals surface area contributed by atoms with Crippen molar-refractivity contribution < 1.29 is 13.8 Å². The molecular formula is C18H13N5O4S. The van der Waals surface area contributed by atoms with Crippen LogP contribution in [0.5, 0.6) is 0 Å². The van der Waals surface area contributed by atoms with Gasteiger partial charge in [-0.2, -0.15) is 0 Å². The van der Waals surface area contributed by atoms with Gasteiger partial charge in [0, 0.05) is 23.3 Å². The molecule has 0 aliphatic heterocycles. The molecule has 0 bridgehead atoms. The number of nitro benzene ring substituents is 1. The van der Waals surface area contributed by atoms with Gasteiger partial charge in [0.2, 0.25) is 17.7 Å². The quantitative estimate of drug-likeness (QED) is 0.267. The average Bonchev–Trinajstić information content (AvgIpc) is 3.36. The Bertz CT molecular complexity index is 1120. The Hall–Kier alpha value is -3.53. The molecule has 0 aliphatic rings. The molecule has 4 aromatic rings. The topological polar surface area (TPSA) is 121 Å². The van der Waals surface area contributed by atoms with E-state index in [1.165, 1.54) is 23.9 Å². The summed E-state index contributed by atoms with van der Waals surface area (Å²) < 4.78 is 11.3. The van der Waals surface area contributed by atoms with Crippen molar-refractivity contribution in [2.75, 3.05) is 0 Å². The summed E-state index contributed by atoms with van der Waals surface area (Å²) in [6.07, 6.45) is 0. The first kappa shape index (κ1) is 17.9. The predicted octanol–water partition coefficient (Wildman–Crippen LogP) is 4.30. The second kappa shape index (κ2) is 7.61.